The number of likely N-dealkylation sites (tertiary alicyclic amines) is 1. The Hall–Kier alpha value is -0.800. The third-order valence-electron chi connectivity index (χ3n) is 3.34. The van der Waals surface area contributed by atoms with Gasteiger partial charge in [0.05, 0.1) is 18.9 Å². The van der Waals surface area contributed by atoms with Crippen LogP contribution in [-0.4, -0.2) is 29.2 Å². The van der Waals surface area contributed by atoms with Gasteiger partial charge in [-0.25, -0.2) is 0 Å². The van der Waals surface area contributed by atoms with Gasteiger partial charge in [0.25, 0.3) is 0 Å². The number of furan rings is 1. The van der Waals surface area contributed by atoms with Crippen molar-refractivity contribution in [2.24, 2.45) is 0 Å². The molecule has 0 bridgehead atoms. The lowest BCUT2D eigenvalue weighted by molar-refractivity contribution is 0.0511. The molecule has 3 heteroatoms. The molecule has 0 radical (unpaired) electrons. The lowest BCUT2D eigenvalue weighted by Crippen LogP contribution is -2.43. The highest BCUT2D eigenvalue weighted by molar-refractivity contribution is 5.04. The summed E-state index contributed by atoms with van der Waals surface area (Å²) in [5.74, 6) is 0.996. The summed E-state index contributed by atoms with van der Waals surface area (Å²) in [4.78, 5) is 2.35. The van der Waals surface area contributed by atoms with Crippen molar-refractivity contribution in [2.75, 3.05) is 13.2 Å². The van der Waals surface area contributed by atoms with E-state index in [2.05, 4.69) is 11.8 Å². The summed E-state index contributed by atoms with van der Waals surface area (Å²) in [5.41, 5.74) is 0. The summed E-state index contributed by atoms with van der Waals surface area (Å²) < 4.78 is 5.42. The minimum absolute atomic E-state index is 0.255. The maximum atomic E-state index is 9.34. The highest BCUT2D eigenvalue weighted by atomic mass is 16.3. The Morgan fingerprint density at radius 1 is 1.60 bits per heavy atom. The van der Waals surface area contributed by atoms with Crippen molar-refractivity contribution in [3.63, 3.8) is 0 Å². The van der Waals surface area contributed by atoms with Gasteiger partial charge in [-0.2, -0.15) is 0 Å². The van der Waals surface area contributed by atoms with E-state index < -0.39 is 0 Å². The Balaban J connectivity index is 2.07. The summed E-state index contributed by atoms with van der Waals surface area (Å²) in [6, 6.07) is 4.51. The largest absolute Gasteiger partial charge is 0.468 e. The van der Waals surface area contributed by atoms with Gasteiger partial charge < -0.3 is 9.52 Å². The van der Waals surface area contributed by atoms with E-state index in [0.717, 1.165) is 18.7 Å². The molecule has 84 valence electrons. The molecule has 2 rings (SSSR count). The second-order valence-corrected chi connectivity index (χ2v) is 4.26. The first-order valence-corrected chi connectivity index (χ1v) is 5.73. The van der Waals surface area contributed by atoms with Gasteiger partial charge in [-0.1, -0.05) is 6.42 Å². The van der Waals surface area contributed by atoms with E-state index in [1.165, 1.54) is 12.8 Å². The molecule has 0 spiro atoms. The first-order chi connectivity index (χ1) is 7.33. The average Bonchev–Trinajstić information content (AvgIpc) is 2.81. The topological polar surface area (TPSA) is 36.6 Å². The number of piperidine rings is 1. The maximum absolute atomic E-state index is 9.34. The molecule has 1 aliphatic heterocycles. The van der Waals surface area contributed by atoms with Crippen LogP contribution in [0.15, 0.2) is 22.8 Å². The van der Waals surface area contributed by atoms with Crippen LogP contribution in [-0.2, 0) is 0 Å². The normalized spacial score (nSPS) is 25.3. The van der Waals surface area contributed by atoms with Crippen LogP contribution in [0.25, 0.3) is 0 Å². The molecular weight excluding hydrogens is 190 g/mol. The second-order valence-electron chi connectivity index (χ2n) is 4.26. The average molecular weight is 209 g/mol. The van der Waals surface area contributed by atoms with Crippen molar-refractivity contribution in [3.8, 4) is 0 Å². The summed E-state index contributed by atoms with van der Waals surface area (Å²) in [6.07, 6.45) is 5.26. The highest BCUT2D eigenvalue weighted by Gasteiger charge is 2.27. The second kappa shape index (κ2) is 4.81. The molecule has 1 saturated heterocycles. The molecule has 0 aromatic carbocycles. The van der Waals surface area contributed by atoms with Gasteiger partial charge in [-0.3, -0.25) is 4.90 Å². The molecular formula is C12H19NO2. The predicted octanol–water partition coefficient (Wildman–Crippen LogP) is 2.19. The third-order valence-corrected chi connectivity index (χ3v) is 3.34. The molecule has 0 unspecified atom stereocenters. The molecule has 0 saturated carbocycles. The zero-order chi connectivity index (χ0) is 10.7. The van der Waals surface area contributed by atoms with Crippen molar-refractivity contribution in [3.05, 3.63) is 24.2 Å². The number of nitrogens with zero attached hydrogens (tertiary/aromatic N) is 1. The van der Waals surface area contributed by atoms with Gasteiger partial charge >= 0.3 is 0 Å². The van der Waals surface area contributed by atoms with Crippen LogP contribution in [0.2, 0.25) is 0 Å². The quantitative estimate of drug-likeness (QED) is 0.829. The van der Waals surface area contributed by atoms with Crippen LogP contribution < -0.4 is 0 Å². The van der Waals surface area contributed by atoms with Crippen LogP contribution in [0.1, 0.15) is 38.0 Å². The van der Waals surface area contributed by atoms with Crippen LogP contribution in [0.5, 0.6) is 0 Å². The zero-order valence-corrected chi connectivity index (χ0v) is 9.22. The number of hydrogen-bond donors (Lipinski definition) is 1. The fourth-order valence-electron chi connectivity index (χ4n) is 2.42. The van der Waals surface area contributed by atoms with Crippen LogP contribution in [0, 0.1) is 0 Å². The zero-order valence-electron chi connectivity index (χ0n) is 9.22. The molecule has 0 amide bonds. The Bertz CT molecular complexity index is 284. The Morgan fingerprint density at radius 3 is 3.13 bits per heavy atom. The first kappa shape index (κ1) is 10.7. The van der Waals surface area contributed by atoms with E-state index in [-0.39, 0.29) is 12.6 Å². The van der Waals surface area contributed by atoms with Gasteiger partial charge in [-0.05, 0) is 38.4 Å². The Morgan fingerprint density at radius 2 is 2.47 bits per heavy atom. The molecule has 2 atom stereocenters. The first-order valence-electron chi connectivity index (χ1n) is 5.73. The smallest absolute Gasteiger partial charge is 0.120 e. The lowest BCUT2D eigenvalue weighted by Gasteiger charge is -2.38. The minimum atomic E-state index is 0.255. The molecule has 1 aliphatic rings. The standard InChI is InChI=1S/C12H19NO2/c1-10(12-6-4-8-15-12)13-7-3-2-5-11(13)9-14/h4,6,8,10-11,14H,2-3,5,7,9H2,1H3/t10-,11+/m0/s1. The SMILES string of the molecule is C[C@@H](c1ccco1)N1CCCC[C@@H]1CO. The monoisotopic (exact) mass is 209 g/mol. The molecule has 2 heterocycles. The third kappa shape index (κ3) is 2.24. The van der Waals surface area contributed by atoms with E-state index in [1.807, 2.05) is 12.1 Å². The van der Waals surface area contributed by atoms with Gasteiger partial charge in [0, 0.05) is 6.04 Å². The van der Waals surface area contributed by atoms with Crippen molar-refractivity contribution >= 4 is 0 Å². The van der Waals surface area contributed by atoms with Crippen LogP contribution >= 0.6 is 0 Å². The van der Waals surface area contributed by atoms with Gasteiger partial charge in [0.1, 0.15) is 5.76 Å². The fraction of sp³-hybridized carbons (Fsp3) is 0.667. The van der Waals surface area contributed by atoms with Crippen molar-refractivity contribution < 1.29 is 9.52 Å². The molecule has 1 aromatic rings. The number of aliphatic hydroxyl groups is 1. The molecule has 15 heavy (non-hydrogen) atoms. The molecule has 0 aliphatic carbocycles. The molecule has 3 nitrogen and oxygen atoms in total. The van der Waals surface area contributed by atoms with E-state index in [9.17, 15) is 5.11 Å². The van der Waals surface area contributed by atoms with Crippen molar-refractivity contribution in [2.45, 2.75) is 38.3 Å². The van der Waals surface area contributed by atoms with Crippen LogP contribution in [0.4, 0.5) is 0 Å². The Labute approximate surface area is 90.7 Å². The van der Waals surface area contributed by atoms with E-state index in [4.69, 9.17) is 4.42 Å². The fourth-order valence-corrected chi connectivity index (χ4v) is 2.42. The Kier molecular flexibility index (Phi) is 3.44. The van der Waals surface area contributed by atoms with Crippen molar-refractivity contribution in [1.29, 1.82) is 0 Å². The van der Waals surface area contributed by atoms with Gasteiger partial charge in [0.15, 0.2) is 0 Å². The van der Waals surface area contributed by atoms with Gasteiger partial charge in [0.2, 0.25) is 0 Å². The predicted molar refractivity (Wildman–Crippen MR) is 58.6 cm³/mol. The summed E-state index contributed by atoms with van der Waals surface area (Å²) in [6.45, 7) is 3.46. The number of rotatable bonds is 3. The van der Waals surface area contributed by atoms with E-state index in [1.54, 1.807) is 6.26 Å². The summed E-state index contributed by atoms with van der Waals surface area (Å²) >= 11 is 0. The number of aliphatic hydroxyl groups excluding tert-OH is 1. The van der Waals surface area contributed by atoms with Crippen molar-refractivity contribution in [1.82, 2.24) is 4.90 Å². The summed E-state index contributed by atoms with van der Waals surface area (Å²) in [7, 11) is 0. The molecule has 1 fully saturated rings. The van der Waals surface area contributed by atoms with E-state index in [0.29, 0.717) is 6.04 Å². The lowest BCUT2D eigenvalue weighted by atomic mass is 10.00. The summed E-state index contributed by atoms with van der Waals surface area (Å²) in [5, 5.41) is 9.34. The highest BCUT2D eigenvalue weighted by Crippen LogP contribution is 2.28. The molecule has 1 N–H and O–H groups in total. The van der Waals surface area contributed by atoms with Crippen LogP contribution in [0.3, 0.4) is 0 Å². The molecule has 1 aromatic heterocycles. The van der Waals surface area contributed by atoms with Gasteiger partial charge in [-0.15, -0.1) is 0 Å². The van der Waals surface area contributed by atoms with E-state index >= 15 is 0 Å². The maximum Gasteiger partial charge on any atom is 0.120 e. The minimum Gasteiger partial charge on any atom is -0.468 e. The number of hydrogen-bond acceptors (Lipinski definition) is 3.